The van der Waals surface area contributed by atoms with Crippen molar-refractivity contribution >= 4 is 5.91 Å². The molecule has 0 unspecified atom stereocenters. The lowest BCUT2D eigenvalue weighted by Gasteiger charge is -2.36. The first-order valence-electron chi connectivity index (χ1n) is 9.99. The summed E-state index contributed by atoms with van der Waals surface area (Å²) in [6, 6.07) is 11.1. The number of carbonyl (C=O) groups is 1. The van der Waals surface area contributed by atoms with Gasteiger partial charge in [0.2, 0.25) is 5.91 Å². The Morgan fingerprint density at radius 3 is 2.56 bits per heavy atom. The molecule has 4 nitrogen and oxygen atoms in total. The molecule has 1 fully saturated rings. The summed E-state index contributed by atoms with van der Waals surface area (Å²) in [4.78, 5) is 17.5. The first-order valence-corrected chi connectivity index (χ1v) is 9.99. The van der Waals surface area contributed by atoms with Gasteiger partial charge in [0.25, 0.3) is 0 Å². The Morgan fingerprint density at radius 2 is 1.92 bits per heavy atom. The van der Waals surface area contributed by atoms with Crippen LogP contribution in [0.15, 0.2) is 30.3 Å². The Kier molecular flexibility index (Phi) is 8.42. The van der Waals surface area contributed by atoms with E-state index in [2.05, 4.69) is 66.2 Å². The number of nitrogens with zero attached hydrogens (tertiary/aromatic N) is 2. The molecule has 1 aromatic carbocycles. The zero-order valence-corrected chi connectivity index (χ0v) is 16.2. The number of likely N-dealkylation sites (N-methyl/N-ethyl adjacent to an activating group) is 1. The minimum Gasteiger partial charge on any atom is -0.353 e. The van der Waals surface area contributed by atoms with Crippen molar-refractivity contribution in [3.05, 3.63) is 35.9 Å². The second-order valence-corrected chi connectivity index (χ2v) is 7.00. The van der Waals surface area contributed by atoms with Gasteiger partial charge in [-0.25, -0.2) is 0 Å². The molecule has 140 valence electrons. The highest BCUT2D eigenvalue weighted by atomic mass is 16.2. The number of rotatable bonds is 9. The van der Waals surface area contributed by atoms with E-state index in [1.165, 1.54) is 24.8 Å². The summed E-state index contributed by atoms with van der Waals surface area (Å²) in [5, 5.41) is 3.25. The summed E-state index contributed by atoms with van der Waals surface area (Å²) in [6.07, 6.45) is 4.56. The predicted octanol–water partition coefficient (Wildman–Crippen LogP) is 3.28. The highest BCUT2D eigenvalue weighted by molar-refractivity contribution is 5.81. The number of hydrogen-bond donors (Lipinski definition) is 1. The molecule has 25 heavy (non-hydrogen) atoms. The summed E-state index contributed by atoms with van der Waals surface area (Å²) in [6.45, 7) is 11.1. The van der Waals surface area contributed by atoms with E-state index < -0.39 is 0 Å². The van der Waals surface area contributed by atoms with Crippen molar-refractivity contribution in [2.45, 2.75) is 65.1 Å². The van der Waals surface area contributed by atoms with Crippen molar-refractivity contribution in [2.24, 2.45) is 0 Å². The van der Waals surface area contributed by atoms with Crippen molar-refractivity contribution < 1.29 is 4.79 Å². The van der Waals surface area contributed by atoms with Crippen molar-refractivity contribution in [2.75, 3.05) is 26.2 Å². The molecule has 1 amide bonds. The van der Waals surface area contributed by atoms with Gasteiger partial charge >= 0.3 is 0 Å². The van der Waals surface area contributed by atoms with E-state index in [4.69, 9.17) is 0 Å². The van der Waals surface area contributed by atoms with Gasteiger partial charge in [0, 0.05) is 19.1 Å². The number of carbonyl (C=O) groups excluding carboxylic acids is 1. The number of benzene rings is 1. The smallest absolute Gasteiger partial charge is 0.237 e. The van der Waals surface area contributed by atoms with E-state index in [9.17, 15) is 4.79 Å². The molecular formula is C21H35N3O. The van der Waals surface area contributed by atoms with Gasteiger partial charge in [0.15, 0.2) is 0 Å². The Morgan fingerprint density at radius 1 is 1.20 bits per heavy atom. The Balaban J connectivity index is 1.91. The van der Waals surface area contributed by atoms with Crippen molar-refractivity contribution in [3.63, 3.8) is 0 Å². The third kappa shape index (κ3) is 5.82. The van der Waals surface area contributed by atoms with Crippen molar-refractivity contribution in [1.29, 1.82) is 0 Å². The summed E-state index contributed by atoms with van der Waals surface area (Å²) in [5.74, 6) is 0.191. The average molecular weight is 346 g/mol. The number of likely N-dealkylation sites (tertiary alicyclic amines) is 1. The zero-order chi connectivity index (χ0) is 18.1. The second kappa shape index (κ2) is 10.6. The quantitative estimate of drug-likeness (QED) is 0.746. The predicted molar refractivity (Wildman–Crippen MR) is 105 cm³/mol. The SMILES string of the molecule is CC[C@@H](C(=O)NC[C@@H]1CCCCN1Cc1ccccc1)N(CC)CC. The third-order valence-corrected chi connectivity index (χ3v) is 5.43. The van der Waals surface area contributed by atoms with Crippen molar-refractivity contribution in [1.82, 2.24) is 15.1 Å². The molecule has 2 atom stereocenters. The second-order valence-electron chi connectivity index (χ2n) is 7.00. The number of amides is 1. The molecule has 0 saturated carbocycles. The normalized spacial score (nSPS) is 19.8. The average Bonchev–Trinajstić information content (AvgIpc) is 2.66. The number of hydrogen-bond acceptors (Lipinski definition) is 3. The first-order chi connectivity index (χ1) is 12.2. The maximum Gasteiger partial charge on any atom is 0.237 e. The fourth-order valence-corrected chi connectivity index (χ4v) is 3.93. The molecule has 0 bridgehead atoms. The fraction of sp³-hybridized carbons (Fsp3) is 0.667. The molecule has 0 radical (unpaired) electrons. The van der Waals surface area contributed by atoms with Crippen LogP contribution in [0.2, 0.25) is 0 Å². The van der Waals surface area contributed by atoms with Gasteiger partial charge in [0.1, 0.15) is 0 Å². The van der Waals surface area contributed by atoms with Crippen LogP contribution in [-0.2, 0) is 11.3 Å². The van der Waals surface area contributed by atoms with E-state index in [1.54, 1.807) is 0 Å². The van der Waals surface area contributed by atoms with E-state index in [-0.39, 0.29) is 11.9 Å². The molecule has 0 aliphatic carbocycles. The van der Waals surface area contributed by atoms with Gasteiger partial charge in [-0.2, -0.15) is 0 Å². The van der Waals surface area contributed by atoms with Crippen LogP contribution in [0.1, 0.15) is 52.0 Å². The van der Waals surface area contributed by atoms with Crippen LogP contribution in [0.4, 0.5) is 0 Å². The highest BCUT2D eigenvalue weighted by Gasteiger charge is 2.26. The minimum atomic E-state index is 0.00108. The molecule has 1 N–H and O–H groups in total. The Bertz CT molecular complexity index is 501. The van der Waals surface area contributed by atoms with Crippen LogP contribution in [-0.4, -0.2) is 54.0 Å². The summed E-state index contributed by atoms with van der Waals surface area (Å²) in [7, 11) is 0. The Hall–Kier alpha value is -1.39. The molecule has 1 heterocycles. The van der Waals surface area contributed by atoms with Crippen LogP contribution < -0.4 is 5.32 Å². The molecule has 1 aliphatic heterocycles. The summed E-state index contributed by atoms with van der Waals surface area (Å²) in [5.41, 5.74) is 1.36. The van der Waals surface area contributed by atoms with Crippen LogP contribution >= 0.6 is 0 Å². The first kappa shape index (κ1) is 19.9. The van der Waals surface area contributed by atoms with Crippen molar-refractivity contribution in [3.8, 4) is 0 Å². The van der Waals surface area contributed by atoms with E-state index in [0.29, 0.717) is 6.04 Å². The van der Waals surface area contributed by atoms with E-state index in [1.807, 2.05) is 0 Å². The highest BCUT2D eigenvalue weighted by Crippen LogP contribution is 2.19. The molecule has 1 saturated heterocycles. The van der Waals surface area contributed by atoms with E-state index in [0.717, 1.165) is 39.1 Å². The largest absolute Gasteiger partial charge is 0.353 e. The van der Waals surface area contributed by atoms with Gasteiger partial charge in [-0.15, -0.1) is 0 Å². The lowest BCUT2D eigenvalue weighted by molar-refractivity contribution is -0.126. The lowest BCUT2D eigenvalue weighted by Crippen LogP contribution is -2.51. The topological polar surface area (TPSA) is 35.6 Å². The van der Waals surface area contributed by atoms with Gasteiger partial charge in [-0.3, -0.25) is 14.6 Å². The summed E-state index contributed by atoms with van der Waals surface area (Å²) < 4.78 is 0. The van der Waals surface area contributed by atoms with Crippen LogP contribution in [0.25, 0.3) is 0 Å². The number of piperidine rings is 1. The standard InChI is InChI=1S/C21H35N3O/c1-4-20(23(5-2)6-3)21(25)22-16-19-14-10-11-15-24(19)17-18-12-8-7-9-13-18/h7-9,12-13,19-20H,4-6,10-11,14-17H2,1-3H3,(H,22,25)/t19-,20-/m0/s1. The molecule has 0 spiro atoms. The van der Waals surface area contributed by atoms with Gasteiger partial charge in [0.05, 0.1) is 6.04 Å². The van der Waals surface area contributed by atoms with Crippen LogP contribution in [0.5, 0.6) is 0 Å². The lowest BCUT2D eigenvalue weighted by atomic mass is 10.0. The zero-order valence-electron chi connectivity index (χ0n) is 16.2. The van der Waals surface area contributed by atoms with Gasteiger partial charge < -0.3 is 5.32 Å². The third-order valence-electron chi connectivity index (χ3n) is 5.43. The number of nitrogens with one attached hydrogen (secondary N) is 1. The molecule has 1 aromatic rings. The van der Waals surface area contributed by atoms with Crippen LogP contribution in [0.3, 0.4) is 0 Å². The van der Waals surface area contributed by atoms with E-state index >= 15 is 0 Å². The van der Waals surface area contributed by atoms with Crippen LogP contribution in [0, 0.1) is 0 Å². The minimum absolute atomic E-state index is 0.00108. The Labute approximate surface area is 153 Å². The summed E-state index contributed by atoms with van der Waals surface area (Å²) >= 11 is 0. The maximum atomic E-state index is 12.7. The maximum absolute atomic E-state index is 12.7. The molecule has 2 rings (SSSR count). The molecular weight excluding hydrogens is 310 g/mol. The molecule has 0 aromatic heterocycles. The monoisotopic (exact) mass is 345 g/mol. The van der Waals surface area contributed by atoms with Gasteiger partial charge in [-0.05, 0) is 44.5 Å². The fourth-order valence-electron chi connectivity index (χ4n) is 3.93. The van der Waals surface area contributed by atoms with Gasteiger partial charge in [-0.1, -0.05) is 57.5 Å². The molecule has 4 heteroatoms. The molecule has 1 aliphatic rings.